The average molecular weight is 302 g/mol. The van der Waals surface area contributed by atoms with Crippen LogP contribution in [-0.4, -0.2) is 33.7 Å². The van der Waals surface area contributed by atoms with Crippen molar-refractivity contribution in [3.8, 4) is 5.75 Å². The summed E-state index contributed by atoms with van der Waals surface area (Å²) in [7, 11) is 1.44. The molecule has 0 bridgehead atoms. The summed E-state index contributed by atoms with van der Waals surface area (Å²) in [4.78, 5) is 22.8. The van der Waals surface area contributed by atoms with Gasteiger partial charge in [0.15, 0.2) is 0 Å². The molecular weight excluding hydrogens is 284 g/mol. The van der Waals surface area contributed by atoms with E-state index in [0.717, 1.165) is 11.8 Å². The summed E-state index contributed by atoms with van der Waals surface area (Å²) in [5, 5.41) is 14.6. The van der Waals surface area contributed by atoms with Gasteiger partial charge >= 0.3 is 5.97 Å². The van der Waals surface area contributed by atoms with E-state index in [2.05, 4.69) is 12.0 Å². The van der Waals surface area contributed by atoms with Gasteiger partial charge in [0.2, 0.25) is 0 Å². The maximum Gasteiger partial charge on any atom is 0.339 e. The minimum Gasteiger partial charge on any atom is -0.496 e. The zero-order chi connectivity index (χ0) is 15.9. The SMILES string of the molecule is COc1cc2nn([C@H]3CCC(=O)C[C@@H]3C)cc2cc1C(=O)O. The fourth-order valence-electron chi connectivity index (χ4n) is 3.16. The predicted molar refractivity (Wildman–Crippen MR) is 80.3 cm³/mol. The lowest BCUT2D eigenvalue weighted by atomic mass is 9.85. The van der Waals surface area contributed by atoms with Gasteiger partial charge in [0.05, 0.1) is 18.7 Å². The number of fused-ring (bicyclic) bond motifs is 1. The van der Waals surface area contributed by atoms with Crippen molar-refractivity contribution < 1.29 is 19.4 Å². The number of aromatic nitrogens is 2. The molecule has 3 rings (SSSR count). The molecule has 1 aliphatic rings. The van der Waals surface area contributed by atoms with Gasteiger partial charge in [-0.15, -0.1) is 0 Å². The third-order valence-electron chi connectivity index (χ3n) is 4.34. The Hall–Kier alpha value is -2.37. The van der Waals surface area contributed by atoms with Crippen molar-refractivity contribution in [3.63, 3.8) is 0 Å². The smallest absolute Gasteiger partial charge is 0.339 e. The van der Waals surface area contributed by atoms with Crippen LogP contribution in [0.1, 0.15) is 42.6 Å². The summed E-state index contributed by atoms with van der Waals surface area (Å²) >= 11 is 0. The van der Waals surface area contributed by atoms with Gasteiger partial charge in [-0.2, -0.15) is 5.10 Å². The first-order valence-electron chi connectivity index (χ1n) is 7.31. The zero-order valence-corrected chi connectivity index (χ0v) is 12.6. The Morgan fingerprint density at radius 3 is 2.86 bits per heavy atom. The van der Waals surface area contributed by atoms with Crippen molar-refractivity contribution in [2.75, 3.05) is 7.11 Å². The number of hydrogen-bond donors (Lipinski definition) is 1. The third-order valence-corrected chi connectivity index (χ3v) is 4.34. The highest BCUT2D eigenvalue weighted by Crippen LogP contribution is 2.33. The molecule has 1 N–H and O–H groups in total. The van der Waals surface area contributed by atoms with Crippen LogP contribution in [0.4, 0.5) is 0 Å². The van der Waals surface area contributed by atoms with Crippen molar-refractivity contribution in [3.05, 3.63) is 23.9 Å². The number of hydrogen-bond acceptors (Lipinski definition) is 4. The number of carbonyl (C=O) groups excluding carboxylic acids is 1. The first kappa shape index (κ1) is 14.6. The van der Waals surface area contributed by atoms with Gasteiger partial charge in [-0.05, 0) is 18.4 Å². The maximum atomic E-state index is 11.5. The van der Waals surface area contributed by atoms with Crippen LogP contribution in [0.5, 0.6) is 5.75 Å². The maximum absolute atomic E-state index is 11.5. The van der Waals surface area contributed by atoms with Gasteiger partial charge < -0.3 is 9.84 Å². The molecule has 22 heavy (non-hydrogen) atoms. The first-order valence-corrected chi connectivity index (χ1v) is 7.31. The number of nitrogens with zero attached hydrogens (tertiary/aromatic N) is 2. The lowest BCUT2D eigenvalue weighted by Gasteiger charge is -2.28. The lowest BCUT2D eigenvalue weighted by molar-refractivity contribution is -0.122. The Morgan fingerprint density at radius 2 is 2.23 bits per heavy atom. The second-order valence-corrected chi connectivity index (χ2v) is 5.85. The van der Waals surface area contributed by atoms with E-state index in [0.29, 0.717) is 29.9 Å². The summed E-state index contributed by atoms with van der Waals surface area (Å²) in [5.74, 6) is -0.188. The van der Waals surface area contributed by atoms with Gasteiger partial charge in [-0.3, -0.25) is 9.48 Å². The molecule has 1 aromatic carbocycles. The minimum absolute atomic E-state index is 0.126. The number of benzene rings is 1. The molecule has 0 saturated heterocycles. The molecule has 1 aromatic heterocycles. The van der Waals surface area contributed by atoms with E-state index in [1.54, 1.807) is 12.1 Å². The van der Waals surface area contributed by atoms with E-state index >= 15 is 0 Å². The monoisotopic (exact) mass is 302 g/mol. The first-order chi connectivity index (χ1) is 10.5. The zero-order valence-electron chi connectivity index (χ0n) is 12.6. The normalized spacial score (nSPS) is 22.0. The van der Waals surface area contributed by atoms with Crippen molar-refractivity contribution in [1.82, 2.24) is 9.78 Å². The minimum atomic E-state index is -1.02. The molecule has 0 spiro atoms. The molecule has 0 amide bonds. The standard InChI is InChI=1S/C16H18N2O4/c1-9-5-11(19)3-4-14(9)18-8-10-6-12(16(20)21)15(22-2)7-13(10)17-18/h6-9,14H,3-5H2,1-2H3,(H,20,21)/t9-,14-/m0/s1. The Kier molecular flexibility index (Phi) is 3.60. The number of methoxy groups -OCH3 is 1. The van der Waals surface area contributed by atoms with Crippen LogP contribution in [0.25, 0.3) is 10.9 Å². The molecule has 1 fully saturated rings. The van der Waals surface area contributed by atoms with Crippen molar-refractivity contribution >= 4 is 22.7 Å². The summed E-state index contributed by atoms with van der Waals surface area (Å²) in [5.41, 5.74) is 0.826. The van der Waals surface area contributed by atoms with Gasteiger partial charge in [-0.1, -0.05) is 6.92 Å². The predicted octanol–water partition coefficient (Wildman–Crippen LogP) is 2.67. The molecule has 0 aliphatic heterocycles. The van der Waals surface area contributed by atoms with E-state index in [9.17, 15) is 14.7 Å². The summed E-state index contributed by atoms with van der Waals surface area (Å²) in [6.45, 7) is 2.05. The van der Waals surface area contributed by atoms with E-state index < -0.39 is 5.97 Å². The molecule has 116 valence electrons. The third kappa shape index (κ3) is 2.45. The topological polar surface area (TPSA) is 81.4 Å². The molecule has 2 aromatic rings. The van der Waals surface area contributed by atoms with Gasteiger partial charge in [0, 0.05) is 30.5 Å². The Balaban J connectivity index is 2.02. The van der Waals surface area contributed by atoms with Crippen LogP contribution in [0, 0.1) is 5.92 Å². The number of carboxylic acids is 1. The Labute approximate surface area is 127 Å². The van der Waals surface area contributed by atoms with Crippen LogP contribution in [-0.2, 0) is 4.79 Å². The molecule has 1 heterocycles. The van der Waals surface area contributed by atoms with Crippen LogP contribution in [0.15, 0.2) is 18.3 Å². The number of carboxylic acid groups (broad SMARTS) is 1. The van der Waals surface area contributed by atoms with E-state index in [1.165, 1.54) is 7.11 Å². The van der Waals surface area contributed by atoms with Gasteiger partial charge in [0.25, 0.3) is 0 Å². The Morgan fingerprint density at radius 1 is 1.45 bits per heavy atom. The molecule has 1 saturated carbocycles. The van der Waals surface area contributed by atoms with E-state index in [4.69, 9.17) is 4.74 Å². The van der Waals surface area contributed by atoms with Crippen LogP contribution >= 0.6 is 0 Å². The van der Waals surface area contributed by atoms with Gasteiger partial charge in [0.1, 0.15) is 17.1 Å². The highest BCUT2D eigenvalue weighted by Gasteiger charge is 2.28. The molecule has 0 unspecified atom stereocenters. The van der Waals surface area contributed by atoms with E-state index in [-0.39, 0.29) is 17.5 Å². The highest BCUT2D eigenvalue weighted by atomic mass is 16.5. The fraction of sp³-hybridized carbons (Fsp3) is 0.438. The largest absolute Gasteiger partial charge is 0.496 e. The second kappa shape index (κ2) is 5.44. The van der Waals surface area contributed by atoms with Crippen molar-refractivity contribution in [1.29, 1.82) is 0 Å². The number of ketones is 1. The number of rotatable bonds is 3. The van der Waals surface area contributed by atoms with Crippen LogP contribution < -0.4 is 4.74 Å². The number of ether oxygens (including phenoxy) is 1. The number of carbonyl (C=O) groups is 2. The lowest BCUT2D eigenvalue weighted by Crippen LogP contribution is -2.26. The second-order valence-electron chi connectivity index (χ2n) is 5.85. The van der Waals surface area contributed by atoms with E-state index in [1.807, 2.05) is 10.9 Å². The molecule has 6 nitrogen and oxygen atoms in total. The molecule has 6 heteroatoms. The van der Waals surface area contributed by atoms with Crippen molar-refractivity contribution in [2.45, 2.75) is 32.2 Å². The number of Topliss-reactive ketones (excluding diaryl/α,β-unsaturated/α-hetero) is 1. The molecule has 1 aliphatic carbocycles. The number of aromatic carboxylic acids is 1. The summed E-state index contributed by atoms with van der Waals surface area (Å²) < 4.78 is 7.00. The van der Waals surface area contributed by atoms with Crippen LogP contribution in [0.3, 0.4) is 0 Å². The van der Waals surface area contributed by atoms with Gasteiger partial charge in [-0.25, -0.2) is 4.79 Å². The molecular formula is C16H18N2O4. The molecule has 2 atom stereocenters. The molecule has 0 radical (unpaired) electrons. The fourth-order valence-corrected chi connectivity index (χ4v) is 3.16. The Bertz CT molecular complexity index is 750. The summed E-state index contributed by atoms with van der Waals surface area (Å²) in [6.07, 6.45) is 3.79. The highest BCUT2D eigenvalue weighted by molar-refractivity contribution is 5.96. The quantitative estimate of drug-likeness (QED) is 0.942. The van der Waals surface area contributed by atoms with Crippen LogP contribution in [0.2, 0.25) is 0 Å². The average Bonchev–Trinajstić information content (AvgIpc) is 2.88. The van der Waals surface area contributed by atoms with Crippen molar-refractivity contribution in [2.24, 2.45) is 5.92 Å². The summed E-state index contributed by atoms with van der Waals surface area (Å²) in [6, 6.07) is 3.40.